The van der Waals surface area contributed by atoms with Crippen molar-refractivity contribution in [1.29, 1.82) is 0 Å². The standard InChI is InChI=1S/C27H32ClN3O6/c1-17(2)11-20-15-35-22-8-6-19(28)13-21(22)26(33)29-9-3-4-10-31(14-25(32)30-20)27(34)18-5-7-23-24(12-18)37-16-36-23/h5-8,12-13,17,20H,3-4,9-11,14-16H2,1-2H3,(H,29,33)(H,30,32)/t20-/m0/s1. The summed E-state index contributed by atoms with van der Waals surface area (Å²) in [6, 6.07) is 9.58. The number of carbonyl (C=O) groups excluding carboxylic acids is 3. The molecule has 0 spiro atoms. The van der Waals surface area contributed by atoms with Crippen LogP contribution < -0.4 is 24.8 Å². The lowest BCUT2D eigenvalue weighted by atomic mass is 10.0. The second-order valence-electron chi connectivity index (χ2n) is 9.60. The molecule has 3 amide bonds. The molecule has 0 bridgehead atoms. The SMILES string of the molecule is CC(C)C[C@H]1COc2ccc(Cl)cc2C(=O)NCCCCN(C(=O)c2ccc3c(c2)OCO3)CC(=O)N1. The van der Waals surface area contributed by atoms with Gasteiger partial charge in [-0.1, -0.05) is 25.4 Å². The van der Waals surface area contributed by atoms with Crippen LogP contribution in [-0.2, 0) is 4.79 Å². The van der Waals surface area contributed by atoms with Crippen molar-refractivity contribution in [3.8, 4) is 17.2 Å². The van der Waals surface area contributed by atoms with Crippen molar-refractivity contribution in [2.75, 3.05) is 33.0 Å². The Morgan fingerprint density at radius 2 is 1.84 bits per heavy atom. The van der Waals surface area contributed by atoms with Crippen LogP contribution in [0.5, 0.6) is 17.2 Å². The number of fused-ring (bicyclic) bond motifs is 2. The lowest BCUT2D eigenvalue weighted by molar-refractivity contribution is -0.122. The average molecular weight is 530 g/mol. The van der Waals surface area contributed by atoms with Gasteiger partial charge in [-0.25, -0.2) is 0 Å². The van der Waals surface area contributed by atoms with Crippen molar-refractivity contribution in [3.63, 3.8) is 0 Å². The van der Waals surface area contributed by atoms with Gasteiger partial charge >= 0.3 is 0 Å². The minimum absolute atomic E-state index is 0.0968. The number of amides is 3. The van der Waals surface area contributed by atoms with Gasteiger partial charge in [-0.3, -0.25) is 14.4 Å². The molecule has 2 heterocycles. The predicted molar refractivity (Wildman–Crippen MR) is 138 cm³/mol. The molecule has 2 aliphatic rings. The molecular formula is C27H32ClN3O6. The number of halogens is 1. The zero-order valence-corrected chi connectivity index (χ0v) is 21.8. The fourth-order valence-corrected chi connectivity index (χ4v) is 4.54. The number of hydrogen-bond donors (Lipinski definition) is 2. The molecule has 0 saturated carbocycles. The van der Waals surface area contributed by atoms with Gasteiger partial charge in [0.15, 0.2) is 11.5 Å². The number of carbonyl (C=O) groups is 3. The van der Waals surface area contributed by atoms with Crippen molar-refractivity contribution >= 4 is 29.3 Å². The molecule has 2 aromatic rings. The van der Waals surface area contributed by atoms with E-state index < -0.39 is 0 Å². The third kappa shape index (κ3) is 7.07. The van der Waals surface area contributed by atoms with Crippen molar-refractivity contribution in [2.45, 2.75) is 39.2 Å². The average Bonchev–Trinajstić information content (AvgIpc) is 3.33. The molecule has 0 radical (unpaired) electrons. The molecule has 0 aromatic heterocycles. The topological polar surface area (TPSA) is 106 Å². The van der Waals surface area contributed by atoms with Gasteiger partial charge in [0.1, 0.15) is 12.4 Å². The first-order valence-corrected chi connectivity index (χ1v) is 12.9. The number of nitrogens with one attached hydrogen (secondary N) is 2. The van der Waals surface area contributed by atoms with Crippen molar-refractivity contribution in [2.24, 2.45) is 5.92 Å². The van der Waals surface area contributed by atoms with Crippen LogP contribution in [0, 0.1) is 5.92 Å². The van der Waals surface area contributed by atoms with Crippen LogP contribution in [0.2, 0.25) is 5.02 Å². The first kappa shape index (κ1) is 26.6. The Labute approximate surface area is 221 Å². The van der Waals surface area contributed by atoms with Gasteiger partial charge in [0.2, 0.25) is 12.7 Å². The van der Waals surface area contributed by atoms with Crippen LogP contribution in [0.3, 0.4) is 0 Å². The maximum atomic E-state index is 13.4. The largest absolute Gasteiger partial charge is 0.491 e. The Kier molecular flexibility index (Phi) is 8.76. The first-order valence-electron chi connectivity index (χ1n) is 12.5. The van der Waals surface area contributed by atoms with Crippen LogP contribution in [0.1, 0.15) is 53.8 Å². The molecule has 2 N–H and O–H groups in total. The fraction of sp³-hybridized carbons (Fsp3) is 0.444. The maximum absolute atomic E-state index is 13.4. The third-order valence-electron chi connectivity index (χ3n) is 6.13. The van der Waals surface area contributed by atoms with E-state index in [9.17, 15) is 14.4 Å². The summed E-state index contributed by atoms with van der Waals surface area (Å²) in [5, 5.41) is 6.35. The van der Waals surface area contributed by atoms with Crippen LogP contribution in [0.4, 0.5) is 0 Å². The summed E-state index contributed by atoms with van der Waals surface area (Å²) >= 11 is 6.14. The van der Waals surface area contributed by atoms with Gasteiger partial charge in [0, 0.05) is 23.7 Å². The summed E-state index contributed by atoms with van der Waals surface area (Å²) < 4.78 is 16.7. The number of ether oxygens (including phenoxy) is 3. The van der Waals surface area contributed by atoms with Gasteiger partial charge in [-0.05, 0) is 61.6 Å². The minimum atomic E-state index is -0.313. The lowest BCUT2D eigenvalue weighted by Gasteiger charge is -2.25. The van der Waals surface area contributed by atoms with Crippen LogP contribution >= 0.6 is 11.6 Å². The highest BCUT2D eigenvalue weighted by Crippen LogP contribution is 2.33. The van der Waals surface area contributed by atoms with Crippen LogP contribution in [-0.4, -0.2) is 61.7 Å². The van der Waals surface area contributed by atoms with E-state index in [0.29, 0.717) is 65.8 Å². The zero-order valence-electron chi connectivity index (χ0n) is 21.1. The second-order valence-corrected chi connectivity index (χ2v) is 10.0. The van der Waals surface area contributed by atoms with Crippen LogP contribution in [0.15, 0.2) is 36.4 Å². The van der Waals surface area contributed by atoms with Gasteiger partial charge < -0.3 is 29.7 Å². The summed E-state index contributed by atoms with van der Waals surface area (Å²) in [5.74, 6) is 0.940. The van der Waals surface area contributed by atoms with E-state index in [4.69, 9.17) is 25.8 Å². The number of hydrogen-bond acceptors (Lipinski definition) is 6. The Balaban J connectivity index is 1.54. The molecule has 0 saturated heterocycles. The van der Waals surface area contributed by atoms with Crippen molar-refractivity contribution in [1.82, 2.24) is 15.5 Å². The second kappa shape index (κ2) is 12.2. The maximum Gasteiger partial charge on any atom is 0.255 e. The highest BCUT2D eigenvalue weighted by molar-refractivity contribution is 6.31. The summed E-state index contributed by atoms with van der Waals surface area (Å²) in [4.78, 5) is 40.8. The molecule has 4 rings (SSSR count). The van der Waals surface area contributed by atoms with E-state index in [1.165, 1.54) is 4.90 Å². The Morgan fingerprint density at radius 3 is 2.65 bits per heavy atom. The highest BCUT2D eigenvalue weighted by atomic mass is 35.5. The monoisotopic (exact) mass is 529 g/mol. The molecule has 0 unspecified atom stereocenters. The Morgan fingerprint density at radius 1 is 1.05 bits per heavy atom. The number of nitrogens with zero attached hydrogens (tertiary/aromatic N) is 1. The molecule has 0 aliphatic carbocycles. The molecule has 37 heavy (non-hydrogen) atoms. The molecule has 198 valence electrons. The third-order valence-corrected chi connectivity index (χ3v) is 6.36. The van der Waals surface area contributed by atoms with Gasteiger partial charge in [-0.2, -0.15) is 0 Å². The molecule has 2 aliphatic heterocycles. The zero-order chi connectivity index (χ0) is 26.4. The predicted octanol–water partition coefficient (Wildman–Crippen LogP) is 3.64. The number of benzene rings is 2. The van der Waals surface area contributed by atoms with Gasteiger partial charge in [-0.15, -0.1) is 0 Å². The van der Waals surface area contributed by atoms with Crippen molar-refractivity contribution in [3.05, 3.63) is 52.5 Å². The lowest BCUT2D eigenvalue weighted by Crippen LogP contribution is -2.46. The molecule has 1 atom stereocenters. The van der Waals surface area contributed by atoms with E-state index in [-0.39, 0.29) is 49.6 Å². The van der Waals surface area contributed by atoms with E-state index in [0.717, 1.165) is 0 Å². The molecule has 0 fully saturated rings. The van der Waals surface area contributed by atoms with Crippen molar-refractivity contribution < 1.29 is 28.6 Å². The van der Waals surface area contributed by atoms with Gasteiger partial charge in [0.05, 0.1) is 18.2 Å². The molecule has 2 aromatic carbocycles. The van der Waals surface area contributed by atoms with E-state index in [1.54, 1.807) is 36.4 Å². The van der Waals surface area contributed by atoms with E-state index in [1.807, 2.05) is 0 Å². The smallest absolute Gasteiger partial charge is 0.255 e. The van der Waals surface area contributed by atoms with Crippen LogP contribution in [0.25, 0.3) is 0 Å². The molecule has 9 nitrogen and oxygen atoms in total. The van der Waals surface area contributed by atoms with E-state index in [2.05, 4.69) is 24.5 Å². The summed E-state index contributed by atoms with van der Waals surface area (Å²) in [6.07, 6.45) is 1.88. The van der Waals surface area contributed by atoms with E-state index >= 15 is 0 Å². The molecular weight excluding hydrogens is 498 g/mol. The summed E-state index contributed by atoms with van der Waals surface area (Å²) in [5.41, 5.74) is 0.759. The Bertz CT molecular complexity index is 1150. The fourth-order valence-electron chi connectivity index (χ4n) is 4.37. The normalized spacial score (nSPS) is 18.7. The summed E-state index contributed by atoms with van der Waals surface area (Å²) in [7, 11) is 0. The summed E-state index contributed by atoms with van der Waals surface area (Å²) in [6.45, 7) is 5.04. The highest BCUT2D eigenvalue weighted by Gasteiger charge is 2.24. The minimum Gasteiger partial charge on any atom is -0.491 e. The van der Waals surface area contributed by atoms with Gasteiger partial charge in [0.25, 0.3) is 11.8 Å². The quantitative estimate of drug-likeness (QED) is 0.629. The Hall–Kier alpha value is -3.46. The first-order chi connectivity index (χ1) is 17.8. The molecule has 10 heteroatoms. The number of rotatable bonds is 3.